The van der Waals surface area contributed by atoms with Gasteiger partial charge in [-0.2, -0.15) is 0 Å². The van der Waals surface area contributed by atoms with E-state index in [1.807, 2.05) is 0 Å². The van der Waals surface area contributed by atoms with Crippen LogP contribution in [0.25, 0.3) is 10.9 Å². The molecule has 112 valence electrons. The highest BCUT2D eigenvalue weighted by atomic mass is 127. The van der Waals surface area contributed by atoms with Crippen molar-refractivity contribution in [2.45, 2.75) is 4.90 Å². The lowest BCUT2D eigenvalue weighted by atomic mass is 10.3. The van der Waals surface area contributed by atoms with E-state index < -0.39 is 14.9 Å². The molecule has 0 bridgehead atoms. The highest BCUT2D eigenvalue weighted by Crippen LogP contribution is 2.35. The SMILES string of the molecule is O=[N+]([O-])c1c(I)n(S(=O)(=O)c2ccccc2)c2ccncc12. The largest absolute Gasteiger partial charge is 0.310 e. The van der Waals surface area contributed by atoms with Crippen LogP contribution in [0.4, 0.5) is 5.69 Å². The Balaban J connectivity index is 2.42. The lowest BCUT2D eigenvalue weighted by Crippen LogP contribution is -2.14. The second-order valence-corrected chi connectivity index (χ2v) is 7.18. The quantitative estimate of drug-likeness (QED) is 0.363. The van der Waals surface area contributed by atoms with Crippen LogP contribution in [0.15, 0.2) is 53.7 Å². The Morgan fingerprint density at radius 2 is 1.86 bits per heavy atom. The van der Waals surface area contributed by atoms with Gasteiger partial charge in [0.05, 0.1) is 20.7 Å². The van der Waals surface area contributed by atoms with Gasteiger partial charge in [0.25, 0.3) is 10.0 Å². The van der Waals surface area contributed by atoms with Crippen molar-refractivity contribution in [3.63, 3.8) is 0 Å². The summed E-state index contributed by atoms with van der Waals surface area (Å²) in [6.45, 7) is 0. The molecule has 3 aromatic rings. The fourth-order valence-corrected chi connectivity index (χ4v) is 5.12. The molecule has 0 saturated carbocycles. The molecule has 2 aromatic heterocycles. The molecule has 9 heteroatoms. The predicted molar refractivity (Wildman–Crippen MR) is 88.1 cm³/mol. The normalized spacial score (nSPS) is 11.7. The Hall–Kier alpha value is -2.01. The van der Waals surface area contributed by atoms with E-state index in [4.69, 9.17) is 0 Å². The molecule has 0 saturated heterocycles. The van der Waals surface area contributed by atoms with Crippen molar-refractivity contribution >= 4 is 49.2 Å². The Bertz CT molecular complexity index is 983. The Kier molecular flexibility index (Phi) is 3.60. The molecule has 1 aromatic carbocycles. The van der Waals surface area contributed by atoms with Gasteiger partial charge in [-0.25, -0.2) is 12.4 Å². The fourth-order valence-electron chi connectivity index (χ4n) is 2.17. The third-order valence-corrected chi connectivity index (χ3v) is 6.16. The molecule has 0 amide bonds. The standard InChI is InChI=1S/C13H8IN3O4S/c14-13-12(17(18)19)10-8-15-7-6-11(10)16(13)22(20,21)9-4-2-1-3-5-9/h1-8H. The molecule has 7 nitrogen and oxygen atoms in total. The average Bonchev–Trinajstić information content (AvgIpc) is 2.80. The number of hydrogen-bond acceptors (Lipinski definition) is 5. The molecule has 0 aliphatic heterocycles. The van der Waals surface area contributed by atoms with Crippen LogP contribution >= 0.6 is 22.6 Å². The van der Waals surface area contributed by atoms with Crippen LogP contribution in [-0.2, 0) is 10.0 Å². The van der Waals surface area contributed by atoms with Crippen molar-refractivity contribution in [1.29, 1.82) is 0 Å². The number of aromatic nitrogens is 2. The molecule has 2 heterocycles. The van der Waals surface area contributed by atoms with Crippen molar-refractivity contribution in [2.24, 2.45) is 0 Å². The minimum atomic E-state index is -3.93. The summed E-state index contributed by atoms with van der Waals surface area (Å²) in [5.74, 6) is 0. The van der Waals surface area contributed by atoms with Crippen LogP contribution in [0.5, 0.6) is 0 Å². The topological polar surface area (TPSA) is 95.1 Å². The van der Waals surface area contributed by atoms with Crippen LogP contribution in [-0.4, -0.2) is 22.3 Å². The molecular weight excluding hydrogens is 421 g/mol. The number of halogens is 1. The second kappa shape index (κ2) is 5.32. The van der Waals surface area contributed by atoms with Gasteiger partial charge in [-0.1, -0.05) is 18.2 Å². The molecule has 0 radical (unpaired) electrons. The third-order valence-electron chi connectivity index (χ3n) is 3.11. The first-order valence-corrected chi connectivity index (χ1v) is 8.55. The molecule has 3 rings (SSSR count). The average molecular weight is 429 g/mol. The van der Waals surface area contributed by atoms with Gasteiger partial charge in [-0.15, -0.1) is 0 Å². The highest BCUT2D eigenvalue weighted by molar-refractivity contribution is 14.1. The number of pyridine rings is 1. The predicted octanol–water partition coefficient (Wildman–Crippen LogP) is 2.79. The lowest BCUT2D eigenvalue weighted by Gasteiger charge is -2.08. The van der Waals surface area contributed by atoms with Crippen molar-refractivity contribution in [3.8, 4) is 0 Å². The number of hydrogen-bond donors (Lipinski definition) is 0. The number of benzene rings is 1. The maximum absolute atomic E-state index is 12.8. The summed E-state index contributed by atoms with van der Waals surface area (Å²) in [5, 5.41) is 11.5. The van der Waals surface area contributed by atoms with Crippen LogP contribution in [0, 0.1) is 13.8 Å². The van der Waals surface area contributed by atoms with E-state index in [2.05, 4.69) is 4.98 Å². The number of fused-ring (bicyclic) bond motifs is 1. The molecule has 0 aliphatic carbocycles. The maximum Gasteiger partial charge on any atom is 0.310 e. The molecule has 0 N–H and O–H groups in total. The zero-order valence-electron chi connectivity index (χ0n) is 10.9. The van der Waals surface area contributed by atoms with Gasteiger partial charge in [-0.3, -0.25) is 15.1 Å². The summed E-state index contributed by atoms with van der Waals surface area (Å²) in [4.78, 5) is 14.6. The van der Waals surface area contributed by atoms with E-state index in [-0.39, 0.29) is 25.2 Å². The zero-order valence-corrected chi connectivity index (χ0v) is 13.9. The van der Waals surface area contributed by atoms with Gasteiger partial charge in [0, 0.05) is 12.4 Å². The molecule has 0 fully saturated rings. The van der Waals surface area contributed by atoms with E-state index in [0.717, 1.165) is 3.97 Å². The Labute approximate surface area is 138 Å². The Morgan fingerprint density at radius 1 is 1.18 bits per heavy atom. The van der Waals surface area contributed by atoms with E-state index >= 15 is 0 Å². The third kappa shape index (κ3) is 2.16. The van der Waals surface area contributed by atoms with Gasteiger partial charge >= 0.3 is 5.69 Å². The second-order valence-electron chi connectivity index (χ2n) is 4.37. The Morgan fingerprint density at radius 3 is 2.50 bits per heavy atom. The van der Waals surface area contributed by atoms with Crippen molar-refractivity contribution < 1.29 is 13.3 Å². The zero-order chi connectivity index (χ0) is 15.9. The molecule has 0 aliphatic rings. The number of nitro groups is 1. The van der Waals surface area contributed by atoms with E-state index in [0.29, 0.717) is 0 Å². The van der Waals surface area contributed by atoms with Crippen molar-refractivity contribution in [1.82, 2.24) is 8.96 Å². The first-order chi connectivity index (χ1) is 10.4. The van der Waals surface area contributed by atoms with E-state index in [1.54, 1.807) is 40.8 Å². The first kappa shape index (κ1) is 14.9. The van der Waals surface area contributed by atoms with Crippen LogP contribution < -0.4 is 0 Å². The molecule has 0 unspecified atom stereocenters. The lowest BCUT2D eigenvalue weighted by molar-refractivity contribution is -0.384. The minimum Gasteiger partial charge on any atom is -0.264 e. The minimum absolute atomic E-state index is 0.0226. The summed E-state index contributed by atoms with van der Waals surface area (Å²) in [6, 6.07) is 9.24. The molecule has 22 heavy (non-hydrogen) atoms. The van der Waals surface area contributed by atoms with E-state index in [9.17, 15) is 18.5 Å². The highest BCUT2D eigenvalue weighted by Gasteiger charge is 2.31. The van der Waals surface area contributed by atoms with Crippen LogP contribution in [0.2, 0.25) is 0 Å². The monoisotopic (exact) mass is 429 g/mol. The van der Waals surface area contributed by atoms with E-state index in [1.165, 1.54) is 30.6 Å². The first-order valence-electron chi connectivity index (χ1n) is 6.03. The summed E-state index contributed by atoms with van der Waals surface area (Å²) in [5.41, 5.74) is -0.0295. The van der Waals surface area contributed by atoms with Crippen LogP contribution in [0.1, 0.15) is 0 Å². The van der Waals surface area contributed by atoms with Gasteiger partial charge in [0.15, 0.2) is 3.70 Å². The summed E-state index contributed by atoms with van der Waals surface area (Å²) >= 11 is 1.68. The number of nitrogens with zero attached hydrogens (tertiary/aromatic N) is 3. The van der Waals surface area contributed by atoms with Gasteiger partial charge < -0.3 is 0 Å². The van der Waals surface area contributed by atoms with Gasteiger partial charge in [0.2, 0.25) is 0 Å². The summed E-state index contributed by atoms with van der Waals surface area (Å²) in [7, 11) is -3.93. The smallest absolute Gasteiger partial charge is 0.264 e. The molecular formula is C13H8IN3O4S. The molecule has 0 spiro atoms. The van der Waals surface area contributed by atoms with Crippen molar-refractivity contribution in [2.75, 3.05) is 0 Å². The number of rotatable bonds is 3. The van der Waals surface area contributed by atoms with Crippen molar-refractivity contribution in [3.05, 3.63) is 62.6 Å². The summed E-state index contributed by atoms with van der Waals surface area (Å²) in [6.07, 6.45) is 2.70. The molecule has 0 atom stereocenters. The van der Waals surface area contributed by atoms with Gasteiger partial charge in [-0.05, 0) is 40.8 Å². The van der Waals surface area contributed by atoms with Gasteiger partial charge in [0.1, 0.15) is 0 Å². The summed E-state index contributed by atoms with van der Waals surface area (Å²) < 4.78 is 26.6. The maximum atomic E-state index is 12.8. The fraction of sp³-hybridized carbons (Fsp3) is 0. The van der Waals surface area contributed by atoms with Crippen LogP contribution in [0.3, 0.4) is 0 Å².